The summed E-state index contributed by atoms with van der Waals surface area (Å²) in [6.45, 7) is 0. The van der Waals surface area contributed by atoms with E-state index in [1.54, 1.807) is 24.3 Å². The standard InChI is InChI=1S/C15H9ClFN3O2/c16-10-3-1-9(2-4-10)14-13(15(21)22)18-19-20(14)12-7-5-11(17)6-8-12/h1-8H,(H,21,22). The van der Waals surface area contributed by atoms with Crippen LogP contribution in [0.1, 0.15) is 10.5 Å². The first-order valence-corrected chi connectivity index (χ1v) is 6.65. The van der Waals surface area contributed by atoms with Crippen LogP contribution < -0.4 is 0 Å². The third-order valence-electron chi connectivity index (χ3n) is 3.06. The quantitative estimate of drug-likeness (QED) is 0.803. The Hall–Kier alpha value is -2.73. The van der Waals surface area contributed by atoms with Crippen LogP contribution in [-0.2, 0) is 0 Å². The highest BCUT2D eigenvalue weighted by Crippen LogP contribution is 2.26. The van der Waals surface area contributed by atoms with Gasteiger partial charge in [0.1, 0.15) is 11.5 Å². The van der Waals surface area contributed by atoms with E-state index in [9.17, 15) is 14.3 Å². The number of nitrogens with zero attached hydrogens (tertiary/aromatic N) is 3. The van der Waals surface area contributed by atoms with Gasteiger partial charge in [0, 0.05) is 10.6 Å². The van der Waals surface area contributed by atoms with Crippen molar-refractivity contribution in [3.63, 3.8) is 0 Å². The Balaban J connectivity index is 2.21. The molecule has 110 valence electrons. The first-order valence-electron chi connectivity index (χ1n) is 6.27. The largest absolute Gasteiger partial charge is 0.476 e. The summed E-state index contributed by atoms with van der Waals surface area (Å²) >= 11 is 5.85. The fourth-order valence-corrected chi connectivity index (χ4v) is 2.18. The summed E-state index contributed by atoms with van der Waals surface area (Å²) in [5.74, 6) is -1.59. The Labute approximate surface area is 129 Å². The van der Waals surface area contributed by atoms with Gasteiger partial charge in [-0.15, -0.1) is 5.10 Å². The van der Waals surface area contributed by atoms with E-state index < -0.39 is 11.8 Å². The summed E-state index contributed by atoms with van der Waals surface area (Å²) in [5.41, 5.74) is 1.21. The van der Waals surface area contributed by atoms with E-state index in [0.29, 0.717) is 22.0 Å². The number of aromatic carboxylic acids is 1. The van der Waals surface area contributed by atoms with Crippen molar-refractivity contribution in [2.45, 2.75) is 0 Å². The fourth-order valence-electron chi connectivity index (χ4n) is 2.06. The summed E-state index contributed by atoms with van der Waals surface area (Å²) in [6, 6.07) is 12.2. The van der Waals surface area contributed by atoms with Crippen LogP contribution >= 0.6 is 11.6 Å². The lowest BCUT2D eigenvalue weighted by Crippen LogP contribution is -2.03. The molecule has 1 heterocycles. The number of hydrogen-bond donors (Lipinski definition) is 1. The number of carbonyl (C=O) groups is 1. The molecule has 0 bridgehead atoms. The van der Waals surface area contributed by atoms with Gasteiger partial charge in [-0.1, -0.05) is 28.9 Å². The van der Waals surface area contributed by atoms with E-state index in [0.717, 1.165) is 0 Å². The van der Waals surface area contributed by atoms with Gasteiger partial charge in [0.05, 0.1) is 5.69 Å². The SMILES string of the molecule is O=C(O)c1nnn(-c2ccc(F)cc2)c1-c1ccc(Cl)cc1. The molecular weight excluding hydrogens is 309 g/mol. The van der Waals surface area contributed by atoms with Crippen LogP contribution in [0.4, 0.5) is 4.39 Å². The summed E-state index contributed by atoms with van der Waals surface area (Å²) in [7, 11) is 0. The van der Waals surface area contributed by atoms with E-state index in [1.165, 1.54) is 28.9 Å². The second kappa shape index (κ2) is 5.57. The smallest absolute Gasteiger partial charge is 0.358 e. The molecule has 22 heavy (non-hydrogen) atoms. The molecule has 0 atom stereocenters. The second-order valence-corrected chi connectivity index (χ2v) is 4.92. The summed E-state index contributed by atoms with van der Waals surface area (Å²) in [5, 5.41) is 17.4. The molecule has 0 saturated heterocycles. The first-order chi connectivity index (χ1) is 10.6. The lowest BCUT2D eigenvalue weighted by molar-refractivity contribution is 0.0691. The van der Waals surface area contributed by atoms with E-state index in [-0.39, 0.29) is 5.69 Å². The fraction of sp³-hybridized carbons (Fsp3) is 0. The predicted molar refractivity (Wildman–Crippen MR) is 78.7 cm³/mol. The van der Waals surface area contributed by atoms with Gasteiger partial charge in [0.15, 0.2) is 5.69 Å². The Bertz CT molecular complexity index is 829. The van der Waals surface area contributed by atoms with Crippen molar-refractivity contribution in [2.24, 2.45) is 0 Å². The molecule has 2 aromatic carbocycles. The molecule has 1 N–H and O–H groups in total. The Morgan fingerprint density at radius 3 is 2.32 bits per heavy atom. The monoisotopic (exact) mass is 317 g/mol. The lowest BCUT2D eigenvalue weighted by Gasteiger charge is -2.07. The highest BCUT2D eigenvalue weighted by atomic mass is 35.5. The van der Waals surface area contributed by atoms with Crippen molar-refractivity contribution in [2.75, 3.05) is 0 Å². The minimum atomic E-state index is -1.20. The maximum absolute atomic E-state index is 13.0. The van der Waals surface area contributed by atoms with Gasteiger partial charge >= 0.3 is 5.97 Å². The number of carboxylic acids is 1. The van der Waals surface area contributed by atoms with Gasteiger partial charge in [-0.25, -0.2) is 13.9 Å². The molecule has 0 spiro atoms. The molecule has 0 aliphatic carbocycles. The normalized spacial score (nSPS) is 10.6. The Kier molecular flexibility index (Phi) is 3.60. The van der Waals surface area contributed by atoms with Crippen LogP contribution in [0.5, 0.6) is 0 Å². The van der Waals surface area contributed by atoms with Gasteiger partial charge in [0.2, 0.25) is 0 Å². The van der Waals surface area contributed by atoms with Gasteiger partial charge in [0.25, 0.3) is 0 Å². The summed E-state index contributed by atoms with van der Waals surface area (Å²) in [6.07, 6.45) is 0. The third kappa shape index (κ3) is 2.56. The Morgan fingerprint density at radius 2 is 1.73 bits per heavy atom. The van der Waals surface area contributed by atoms with Crippen molar-refractivity contribution >= 4 is 17.6 Å². The molecular formula is C15H9ClFN3O2. The van der Waals surface area contributed by atoms with E-state index in [1.807, 2.05) is 0 Å². The molecule has 0 aliphatic rings. The van der Waals surface area contributed by atoms with Crippen LogP contribution in [0.3, 0.4) is 0 Å². The predicted octanol–water partition coefficient (Wildman–Crippen LogP) is 3.43. The van der Waals surface area contributed by atoms with Gasteiger partial charge in [-0.2, -0.15) is 0 Å². The summed E-state index contributed by atoms with van der Waals surface area (Å²) < 4.78 is 14.4. The van der Waals surface area contributed by atoms with Gasteiger partial charge in [-0.3, -0.25) is 0 Å². The zero-order chi connectivity index (χ0) is 15.7. The summed E-state index contributed by atoms with van der Waals surface area (Å²) in [4.78, 5) is 11.4. The van der Waals surface area contributed by atoms with E-state index in [2.05, 4.69) is 10.3 Å². The molecule has 3 aromatic rings. The molecule has 1 aromatic heterocycles. The number of carboxylic acid groups (broad SMARTS) is 1. The maximum Gasteiger partial charge on any atom is 0.358 e. The second-order valence-electron chi connectivity index (χ2n) is 4.49. The topological polar surface area (TPSA) is 68.0 Å². The number of benzene rings is 2. The lowest BCUT2D eigenvalue weighted by atomic mass is 10.1. The number of rotatable bonds is 3. The van der Waals surface area contributed by atoms with E-state index in [4.69, 9.17) is 11.6 Å². The minimum absolute atomic E-state index is 0.188. The van der Waals surface area contributed by atoms with Gasteiger partial charge in [-0.05, 0) is 36.4 Å². The van der Waals surface area contributed by atoms with Crippen LogP contribution in [0.15, 0.2) is 48.5 Å². The van der Waals surface area contributed by atoms with Crippen molar-refractivity contribution in [1.82, 2.24) is 15.0 Å². The highest BCUT2D eigenvalue weighted by Gasteiger charge is 2.21. The molecule has 0 amide bonds. The minimum Gasteiger partial charge on any atom is -0.476 e. The number of halogens is 2. The van der Waals surface area contributed by atoms with Crippen molar-refractivity contribution in [3.05, 3.63) is 65.1 Å². The average molecular weight is 318 g/mol. The molecule has 0 radical (unpaired) electrons. The van der Waals surface area contributed by atoms with Crippen LogP contribution in [0.2, 0.25) is 5.02 Å². The van der Waals surface area contributed by atoms with Crippen LogP contribution in [-0.4, -0.2) is 26.1 Å². The number of aromatic nitrogens is 3. The molecule has 0 aliphatic heterocycles. The molecule has 5 nitrogen and oxygen atoms in total. The van der Waals surface area contributed by atoms with Gasteiger partial charge < -0.3 is 5.11 Å². The number of hydrogen-bond acceptors (Lipinski definition) is 3. The van der Waals surface area contributed by atoms with Crippen molar-refractivity contribution in [1.29, 1.82) is 0 Å². The van der Waals surface area contributed by atoms with Crippen LogP contribution in [0.25, 0.3) is 16.9 Å². The Morgan fingerprint density at radius 1 is 1.09 bits per heavy atom. The molecule has 0 fully saturated rings. The molecule has 3 rings (SSSR count). The van der Waals surface area contributed by atoms with Crippen LogP contribution in [0, 0.1) is 5.82 Å². The maximum atomic E-state index is 13.0. The zero-order valence-corrected chi connectivity index (χ0v) is 11.8. The van der Waals surface area contributed by atoms with Crippen molar-refractivity contribution in [3.8, 4) is 16.9 Å². The highest BCUT2D eigenvalue weighted by molar-refractivity contribution is 6.30. The zero-order valence-electron chi connectivity index (χ0n) is 11.1. The average Bonchev–Trinajstić information content (AvgIpc) is 2.94. The molecule has 7 heteroatoms. The molecule has 0 saturated carbocycles. The first kappa shape index (κ1) is 14.2. The third-order valence-corrected chi connectivity index (χ3v) is 3.31. The van der Waals surface area contributed by atoms with Crippen molar-refractivity contribution < 1.29 is 14.3 Å². The molecule has 0 unspecified atom stereocenters. The van der Waals surface area contributed by atoms with E-state index >= 15 is 0 Å².